The Bertz CT molecular complexity index is 980. The van der Waals surface area contributed by atoms with Gasteiger partial charge < -0.3 is 10.6 Å². The summed E-state index contributed by atoms with van der Waals surface area (Å²) in [6, 6.07) is 42.3. The molecule has 0 saturated carbocycles. The zero-order chi connectivity index (χ0) is 20.7. The van der Waals surface area contributed by atoms with Crippen molar-refractivity contribution in [3.8, 4) is 0 Å². The van der Waals surface area contributed by atoms with Crippen LogP contribution in [0.1, 0.15) is 11.1 Å². The molecule has 0 aliphatic rings. The van der Waals surface area contributed by atoms with Gasteiger partial charge in [-0.3, -0.25) is 0 Å². The smallest absolute Gasteiger partial charge is 0.114 e. The number of benzene rings is 4. The van der Waals surface area contributed by atoms with E-state index < -0.39 is 5.54 Å². The second kappa shape index (κ2) is 9.25. The topological polar surface area (TPSA) is 29.3 Å². The Morgan fingerprint density at radius 3 is 1.30 bits per heavy atom. The highest BCUT2D eigenvalue weighted by atomic mass is 15.2. The minimum absolute atomic E-state index is 0.471. The Balaban J connectivity index is 2.10. The zero-order valence-corrected chi connectivity index (χ0v) is 16.9. The van der Waals surface area contributed by atoms with Crippen LogP contribution < -0.4 is 10.6 Å². The van der Waals surface area contributed by atoms with Crippen LogP contribution in [0.4, 0.5) is 11.4 Å². The Morgan fingerprint density at radius 2 is 0.933 bits per heavy atom. The van der Waals surface area contributed by atoms with Gasteiger partial charge >= 0.3 is 0 Å². The number of para-hydroxylation sites is 2. The van der Waals surface area contributed by atoms with Crippen molar-refractivity contribution in [1.29, 1.82) is 0 Å². The van der Waals surface area contributed by atoms with Crippen LogP contribution in [0.3, 0.4) is 0 Å². The highest BCUT2D eigenvalue weighted by Gasteiger charge is 2.39. The number of anilines is 2. The molecule has 0 atom stereocenters. The van der Waals surface area contributed by atoms with Gasteiger partial charge in [-0.25, -0.2) is 0 Å². The molecule has 0 heterocycles. The van der Waals surface area contributed by atoms with Crippen LogP contribution in [0.15, 0.2) is 133 Å². The fourth-order valence-corrected chi connectivity index (χ4v) is 4.03. The van der Waals surface area contributed by atoms with Gasteiger partial charge in [-0.05, 0) is 35.4 Å². The van der Waals surface area contributed by atoms with Crippen molar-refractivity contribution in [2.24, 2.45) is 5.73 Å². The predicted molar refractivity (Wildman–Crippen MR) is 127 cm³/mol. The van der Waals surface area contributed by atoms with Crippen LogP contribution >= 0.6 is 0 Å². The van der Waals surface area contributed by atoms with Crippen molar-refractivity contribution in [2.75, 3.05) is 11.4 Å². The van der Waals surface area contributed by atoms with Gasteiger partial charge in [0.2, 0.25) is 0 Å². The summed E-state index contributed by atoms with van der Waals surface area (Å²) in [5, 5.41) is 0. The van der Waals surface area contributed by atoms with E-state index in [1.807, 2.05) is 0 Å². The molecule has 4 rings (SSSR count). The van der Waals surface area contributed by atoms with E-state index in [4.69, 9.17) is 5.73 Å². The largest absolute Gasteiger partial charge is 0.327 e. The molecule has 2 N–H and O–H groups in total. The minimum Gasteiger partial charge on any atom is -0.327 e. The third-order valence-corrected chi connectivity index (χ3v) is 5.30. The first-order valence-corrected chi connectivity index (χ1v) is 10.3. The van der Waals surface area contributed by atoms with Gasteiger partial charge in [0.05, 0.1) is 0 Å². The monoisotopic (exact) mass is 390 g/mol. The third-order valence-electron chi connectivity index (χ3n) is 5.30. The first-order chi connectivity index (χ1) is 14.9. The molecular formula is C28H26N2. The molecule has 0 aromatic heterocycles. The number of hydrogen-bond acceptors (Lipinski definition) is 2. The molecule has 0 spiro atoms. The van der Waals surface area contributed by atoms with E-state index in [0.29, 0.717) is 6.54 Å². The first-order valence-electron chi connectivity index (χ1n) is 10.3. The summed E-state index contributed by atoms with van der Waals surface area (Å²) >= 11 is 0. The SMILES string of the molecule is NC/C=C/C(c1ccccc1)(c1ccccc1)N(c1ccccc1)c1ccccc1. The van der Waals surface area contributed by atoms with E-state index in [2.05, 4.69) is 138 Å². The molecule has 4 aromatic rings. The van der Waals surface area contributed by atoms with Crippen LogP contribution in [0, 0.1) is 0 Å². The molecule has 148 valence electrons. The van der Waals surface area contributed by atoms with Gasteiger partial charge in [0, 0.05) is 17.9 Å². The predicted octanol–water partition coefficient (Wildman–Crippen LogP) is 6.28. The number of hydrogen-bond donors (Lipinski definition) is 1. The Kier molecular flexibility index (Phi) is 6.07. The molecule has 2 heteroatoms. The molecule has 0 radical (unpaired) electrons. The van der Waals surface area contributed by atoms with Crippen molar-refractivity contribution in [1.82, 2.24) is 0 Å². The average molecular weight is 391 g/mol. The van der Waals surface area contributed by atoms with Crippen molar-refractivity contribution in [2.45, 2.75) is 5.54 Å². The van der Waals surface area contributed by atoms with E-state index >= 15 is 0 Å². The maximum absolute atomic E-state index is 5.96. The van der Waals surface area contributed by atoms with Crippen molar-refractivity contribution >= 4 is 11.4 Å². The summed E-state index contributed by atoms with van der Waals surface area (Å²) in [7, 11) is 0. The summed E-state index contributed by atoms with van der Waals surface area (Å²) in [6.07, 6.45) is 4.29. The van der Waals surface area contributed by atoms with E-state index in [1.54, 1.807) is 0 Å². The van der Waals surface area contributed by atoms with Crippen LogP contribution in [-0.4, -0.2) is 6.54 Å². The van der Waals surface area contributed by atoms with Gasteiger partial charge in [-0.1, -0.05) is 109 Å². The molecule has 2 nitrogen and oxygen atoms in total. The van der Waals surface area contributed by atoms with Gasteiger partial charge in [0.25, 0.3) is 0 Å². The standard InChI is InChI=1S/C28H26N2/c29-23-13-22-28(24-14-5-1-6-15-24,25-16-7-2-8-17-25)30(26-18-9-3-10-19-26)27-20-11-4-12-21-27/h1-22H,23,29H2/b22-13+. The van der Waals surface area contributed by atoms with Gasteiger partial charge in [0.1, 0.15) is 5.54 Å². The summed E-state index contributed by atoms with van der Waals surface area (Å²) in [4.78, 5) is 2.39. The third kappa shape index (κ3) is 3.78. The van der Waals surface area contributed by atoms with Gasteiger partial charge in [-0.15, -0.1) is 0 Å². The van der Waals surface area contributed by atoms with Gasteiger partial charge in [-0.2, -0.15) is 0 Å². The quantitative estimate of drug-likeness (QED) is 0.376. The number of nitrogens with two attached hydrogens (primary N) is 1. The molecule has 0 fully saturated rings. The highest BCUT2D eigenvalue weighted by molar-refractivity contribution is 5.71. The lowest BCUT2D eigenvalue weighted by Crippen LogP contribution is -2.43. The van der Waals surface area contributed by atoms with Crippen molar-refractivity contribution in [3.63, 3.8) is 0 Å². The van der Waals surface area contributed by atoms with E-state index in [9.17, 15) is 0 Å². The Morgan fingerprint density at radius 1 is 0.567 bits per heavy atom. The maximum atomic E-state index is 5.96. The summed E-state index contributed by atoms with van der Waals surface area (Å²) in [6.45, 7) is 0.471. The lowest BCUT2D eigenvalue weighted by Gasteiger charge is -2.45. The van der Waals surface area contributed by atoms with Crippen LogP contribution in [0.2, 0.25) is 0 Å². The highest BCUT2D eigenvalue weighted by Crippen LogP contribution is 2.45. The minimum atomic E-state index is -0.565. The molecule has 0 bridgehead atoms. The molecule has 0 aliphatic heterocycles. The Hall–Kier alpha value is -3.62. The lowest BCUT2D eigenvalue weighted by atomic mass is 9.79. The fraction of sp³-hybridized carbons (Fsp3) is 0.0714. The normalized spacial score (nSPS) is 11.5. The molecule has 0 aliphatic carbocycles. The molecule has 0 saturated heterocycles. The fourth-order valence-electron chi connectivity index (χ4n) is 4.03. The van der Waals surface area contributed by atoms with E-state index in [-0.39, 0.29) is 0 Å². The summed E-state index contributed by atoms with van der Waals surface area (Å²) in [5.41, 5.74) is 9.97. The molecular weight excluding hydrogens is 364 g/mol. The zero-order valence-electron chi connectivity index (χ0n) is 16.9. The molecule has 0 unspecified atom stereocenters. The van der Waals surface area contributed by atoms with Crippen molar-refractivity contribution < 1.29 is 0 Å². The van der Waals surface area contributed by atoms with Crippen LogP contribution in [0.25, 0.3) is 0 Å². The van der Waals surface area contributed by atoms with Crippen LogP contribution in [-0.2, 0) is 5.54 Å². The molecule has 4 aromatic carbocycles. The number of nitrogens with zero attached hydrogens (tertiary/aromatic N) is 1. The molecule has 0 amide bonds. The Labute approximate surface area is 178 Å². The van der Waals surface area contributed by atoms with Crippen LogP contribution in [0.5, 0.6) is 0 Å². The first kappa shape index (κ1) is 19.7. The lowest BCUT2D eigenvalue weighted by molar-refractivity contribution is 0.650. The van der Waals surface area contributed by atoms with Crippen molar-refractivity contribution in [3.05, 3.63) is 145 Å². The maximum Gasteiger partial charge on any atom is 0.114 e. The second-order valence-corrected chi connectivity index (χ2v) is 7.14. The van der Waals surface area contributed by atoms with Gasteiger partial charge in [0.15, 0.2) is 0 Å². The number of rotatable bonds is 7. The van der Waals surface area contributed by atoms with E-state index in [0.717, 1.165) is 11.4 Å². The summed E-state index contributed by atoms with van der Waals surface area (Å²) < 4.78 is 0. The average Bonchev–Trinajstić information content (AvgIpc) is 2.84. The van der Waals surface area contributed by atoms with E-state index in [1.165, 1.54) is 11.1 Å². The summed E-state index contributed by atoms with van der Waals surface area (Å²) in [5.74, 6) is 0. The second-order valence-electron chi connectivity index (χ2n) is 7.14. The molecule has 30 heavy (non-hydrogen) atoms.